The minimum absolute atomic E-state index is 0.00261. The van der Waals surface area contributed by atoms with Crippen molar-refractivity contribution in [2.24, 2.45) is 0 Å². The molecule has 0 spiro atoms. The van der Waals surface area contributed by atoms with Crippen molar-refractivity contribution in [2.75, 3.05) is 59.5 Å². The van der Waals surface area contributed by atoms with Gasteiger partial charge in [-0.1, -0.05) is 0 Å². The standard InChI is InChI=1S/C14H27N3O3/c1-14(2)11-16(8-12(10-18)20-14)9-13(19)17-6-4-15(3)5-7-17/h12,18H,4-11H2,1-3H3. The molecule has 1 N–H and O–H groups in total. The molecule has 2 saturated heterocycles. The summed E-state index contributed by atoms with van der Waals surface area (Å²) < 4.78 is 5.77. The highest BCUT2D eigenvalue weighted by Gasteiger charge is 2.34. The van der Waals surface area contributed by atoms with E-state index in [1.54, 1.807) is 0 Å². The van der Waals surface area contributed by atoms with Crippen molar-refractivity contribution in [2.45, 2.75) is 25.6 Å². The number of carbonyl (C=O) groups is 1. The molecule has 2 aliphatic heterocycles. The second kappa shape index (κ2) is 6.39. The SMILES string of the molecule is CN1CCN(C(=O)CN2CC(CO)OC(C)(C)C2)CC1. The van der Waals surface area contributed by atoms with Gasteiger partial charge in [0.15, 0.2) is 0 Å². The molecule has 2 fully saturated rings. The summed E-state index contributed by atoms with van der Waals surface area (Å²) in [4.78, 5) is 18.6. The van der Waals surface area contributed by atoms with Crippen molar-refractivity contribution < 1.29 is 14.6 Å². The van der Waals surface area contributed by atoms with Gasteiger partial charge in [-0.2, -0.15) is 0 Å². The minimum atomic E-state index is -0.311. The van der Waals surface area contributed by atoms with Gasteiger partial charge in [0.2, 0.25) is 5.91 Å². The smallest absolute Gasteiger partial charge is 0.236 e. The summed E-state index contributed by atoms with van der Waals surface area (Å²) in [6.45, 7) is 9.29. The van der Waals surface area contributed by atoms with Crippen LogP contribution in [-0.4, -0.2) is 96.9 Å². The van der Waals surface area contributed by atoms with Crippen molar-refractivity contribution in [3.63, 3.8) is 0 Å². The topological polar surface area (TPSA) is 56.2 Å². The molecule has 20 heavy (non-hydrogen) atoms. The second-order valence-electron chi connectivity index (χ2n) is 6.54. The normalized spacial score (nSPS) is 28.6. The predicted octanol–water partition coefficient (Wildman–Crippen LogP) is -0.768. The van der Waals surface area contributed by atoms with Crippen LogP contribution in [0, 0.1) is 0 Å². The average Bonchev–Trinajstić information content (AvgIpc) is 2.37. The molecule has 1 amide bonds. The molecule has 0 aromatic rings. The molecule has 2 aliphatic rings. The summed E-state index contributed by atoms with van der Waals surface area (Å²) in [5, 5.41) is 9.30. The summed E-state index contributed by atoms with van der Waals surface area (Å²) in [5.74, 6) is 0.187. The molecule has 1 atom stereocenters. The molecule has 0 radical (unpaired) electrons. The van der Waals surface area contributed by atoms with Crippen LogP contribution in [0.2, 0.25) is 0 Å². The highest BCUT2D eigenvalue weighted by Crippen LogP contribution is 2.20. The first-order chi connectivity index (χ1) is 9.39. The van der Waals surface area contributed by atoms with E-state index in [0.29, 0.717) is 13.1 Å². The molecule has 1 unspecified atom stereocenters. The molecular weight excluding hydrogens is 258 g/mol. The average molecular weight is 285 g/mol. The van der Waals surface area contributed by atoms with Gasteiger partial charge < -0.3 is 19.6 Å². The van der Waals surface area contributed by atoms with Crippen LogP contribution in [-0.2, 0) is 9.53 Å². The van der Waals surface area contributed by atoms with Gasteiger partial charge in [-0.15, -0.1) is 0 Å². The van der Waals surface area contributed by atoms with E-state index in [9.17, 15) is 9.90 Å². The number of aliphatic hydroxyl groups is 1. The number of nitrogens with zero attached hydrogens (tertiary/aromatic N) is 3. The maximum atomic E-state index is 12.3. The van der Waals surface area contributed by atoms with E-state index < -0.39 is 0 Å². The summed E-state index contributed by atoms with van der Waals surface area (Å²) in [5.41, 5.74) is -0.311. The lowest BCUT2D eigenvalue weighted by molar-refractivity contribution is -0.157. The van der Waals surface area contributed by atoms with Gasteiger partial charge in [0.05, 0.1) is 24.9 Å². The zero-order valence-electron chi connectivity index (χ0n) is 12.8. The molecule has 116 valence electrons. The summed E-state index contributed by atoms with van der Waals surface area (Å²) in [6, 6.07) is 0. The molecule has 0 aromatic carbocycles. The number of hydrogen-bond acceptors (Lipinski definition) is 5. The van der Waals surface area contributed by atoms with Crippen LogP contribution in [0.5, 0.6) is 0 Å². The van der Waals surface area contributed by atoms with Crippen LogP contribution in [0.3, 0.4) is 0 Å². The third kappa shape index (κ3) is 4.15. The Morgan fingerprint density at radius 3 is 2.55 bits per heavy atom. The zero-order chi connectivity index (χ0) is 14.8. The lowest BCUT2D eigenvalue weighted by Gasteiger charge is -2.43. The van der Waals surface area contributed by atoms with Crippen LogP contribution in [0.25, 0.3) is 0 Å². The summed E-state index contributed by atoms with van der Waals surface area (Å²) in [6.07, 6.45) is -0.195. The van der Waals surface area contributed by atoms with E-state index in [2.05, 4.69) is 16.8 Å². The monoisotopic (exact) mass is 285 g/mol. The molecular formula is C14H27N3O3. The first-order valence-electron chi connectivity index (χ1n) is 7.37. The van der Waals surface area contributed by atoms with E-state index >= 15 is 0 Å². The van der Waals surface area contributed by atoms with Gasteiger partial charge in [-0.25, -0.2) is 0 Å². The number of morpholine rings is 1. The second-order valence-corrected chi connectivity index (χ2v) is 6.54. The van der Waals surface area contributed by atoms with Crippen molar-refractivity contribution >= 4 is 5.91 Å². The minimum Gasteiger partial charge on any atom is -0.394 e. The Hall–Kier alpha value is -0.690. The maximum absolute atomic E-state index is 12.3. The van der Waals surface area contributed by atoms with Crippen LogP contribution >= 0.6 is 0 Å². The Morgan fingerprint density at radius 1 is 1.30 bits per heavy atom. The van der Waals surface area contributed by atoms with Crippen LogP contribution in [0.4, 0.5) is 0 Å². The Kier molecular flexibility index (Phi) is 5.01. The lowest BCUT2D eigenvalue weighted by Crippen LogP contribution is -2.57. The lowest BCUT2D eigenvalue weighted by atomic mass is 10.1. The van der Waals surface area contributed by atoms with E-state index in [1.165, 1.54) is 0 Å². The molecule has 0 aromatic heterocycles. The third-order valence-corrected chi connectivity index (χ3v) is 3.97. The number of ether oxygens (including phenoxy) is 1. The van der Waals surface area contributed by atoms with Crippen molar-refractivity contribution in [3.05, 3.63) is 0 Å². The Balaban J connectivity index is 1.87. The molecule has 0 saturated carbocycles. The number of likely N-dealkylation sites (N-methyl/N-ethyl adjacent to an activating group) is 1. The number of piperazine rings is 1. The third-order valence-electron chi connectivity index (χ3n) is 3.97. The Morgan fingerprint density at radius 2 is 1.95 bits per heavy atom. The fourth-order valence-electron chi connectivity index (χ4n) is 2.98. The van der Waals surface area contributed by atoms with Crippen molar-refractivity contribution in [3.8, 4) is 0 Å². The van der Waals surface area contributed by atoms with Crippen molar-refractivity contribution in [1.82, 2.24) is 14.7 Å². The molecule has 6 nitrogen and oxygen atoms in total. The van der Waals surface area contributed by atoms with Crippen molar-refractivity contribution in [1.29, 1.82) is 0 Å². The highest BCUT2D eigenvalue weighted by molar-refractivity contribution is 5.78. The predicted molar refractivity (Wildman–Crippen MR) is 76.6 cm³/mol. The fraction of sp³-hybridized carbons (Fsp3) is 0.929. The van der Waals surface area contributed by atoms with Gasteiger partial charge in [0, 0.05) is 39.3 Å². The number of hydrogen-bond donors (Lipinski definition) is 1. The fourth-order valence-corrected chi connectivity index (χ4v) is 2.98. The highest BCUT2D eigenvalue weighted by atomic mass is 16.5. The van der Waals surface area contributed by atoms with E-state index in [4.69, 9.17) is 4.74 Å². The number of aliphatic hydroxyl groups excluding tert-OH is 1. The first kappa shape index (κ1) is 15.7. The molecule has 0 aliphatic carbocycles. The molecule has 0 bridgehead atoms. The zero-order valence-corrected chi connectivity index (χ0v) is 12.8. The van der Waals surface area contributed by atoms with E-state index in [0.717, 1.165) is 32.7 Å². The largest absolute Gasteiger partial charge is 0.394 e. The van der Waals surface area contributed by atoms with Gasteiger partial charge in [0.1, 0.15) is 0 Å². The molecule has 2 rings (SSSR count). The molecule has 6 heteroatoms. The molecule has 2 heterocycles. The number of amides is 1. The van der Waals surface area contributed by atoms with Gasteiger partial charge in [-0.05, 0) is 20.9 Å². The number of carbonyl (C=O) groups excluding carboxylic acids is 1. The van der Waals surface area contributed by atoms with Gasteiger partial charge in [0.25, 0.3) is 0 Å². The maximum Gasteiger partial charge on any atom is 0.236 e. The Labute approximate surface area is 121 Å². The van der Waals surface area contributed by atoms with E-state index in [-0.39, 0.29) is 24.2 Å². The van der Waals surface area contributed by atoms with Crippen LogP contribution in [0.15, 0.2) is 0 Å². The van der Waals surface area contributed by atoms with Gasteiger partial charge in [-0.3, -0.25) is 9.69 Å². The first-order valence-corrected chi connectivity index (χ1v) is 7.37. The van der Waals surface area contributed by atoms with Crippen LogP contribution in [0.1, 0.15) is 13.8 Å². The summed E-state index contributed by atoms with van der Waals surface area (Å²) >= 11 is 0. The summed E-state index contributed by atoms with van der Waals surface area (Å²) in [7, 11) is 2.08. The van der Waals surface area contributed by atoms with Gasteiger partial charge >= 0.3 is 0 Å². The van der Waals surface area contributed by atoms with E-state index in [1.807, 2.05) is 18.7 Å². The number of rotatable bonds is 3. The Bertz CT molecular complexity index is 341. The van der Waals surface area contributed by atoms with Crippen LogP contribution < -0.4 is 0 Å². The quantitative estimate of drug-likeness (QED) is 0.738.